The van der Waals surface area contributed by atoms with E-state index in [-0.39, 0.29) is 17.6 Å². The van der Waals surface area contributed by atoms with E-state index in [0.29, 0.717) is 6.61 Å². The molecule has 1 aromatic rings. The molecule has 0 radical (unpaired) electrons. The van der Waals surface area contributed by atoms with Crippen LogP contribution in [0, 0.1) is 5.92 Å². The molecule has 0 unspecified atom stereocenters. The number of epoxide rings is 1. The van der Waals surface area contributed by atoms with Gasteiger partial charge in [0.2, 0.25) is 0 Å². The first-order valence-electron chi connectivity index (χ1n) is 5.48. The summed E-state index contributed by atoms with van der Waals surface area (Å²) in [4.78, 5) is 0. The number of benzene rings is 1. The lowest BCUT2D eigenvalue weighted by molar-refractivity contribution is 0.0411. The van der Waals surface area contributed by atoms with Crippen LogP contribution in [-0.2, 0) is 11.2 Å². The van der Waals surface area contributed by atoms with Gasteiger partial charge in [0.25, 0.3) is 0 Å². The standard InChI is InChI=1S/C13H18O2/c1-10(12(14)13(2)9-15-13)8-11-6-4-3-5-7-11/h3-7,10,12,14H,8-9H2,1-2H3/t10-,12+,13-/m0/s1. The maximum Gasteiger partial charge on any atom is 0.115 e. The van der Waals surface area contributed by atoms with E-state index in [9.17, 15) is 5.11 Å². The molecule has 3 atom stereocenters. The molecule has 0 aromatic heterocycles. The third-order valence-electron chi connectivity index (χ3n) is 3.16. The Balaban J connectivity index is 1.95. The summed E-state index contributed by atoms with van der Waals surface area (Å²) in [5.41, 5.74) is 0.988. The highest BCUT2D eigenvalue weighted by atomic mass is 16.6. The molecule has 0 spiro atoms. The van der Waals surface area contributed by atoms with Crippen molar-refractivity contribution in [2.75, 3.05) is 6.61 Å². The average Bonchev–Trinajstić information content (AvgIpc) is 2.98. The second kappa shape index (κ2) is 3.95. The van der Waals surface area contributed by atoms with Gasteiger partial charge in [-0.05, 0) is 24.8 Å². The second-order valence-corrected chi connectivity index (χ2v) is 4.71. The van der Waals surface area contributed by atoms with Gasteiger partial charge in [0.15, 0.2) is 0 Å². The number of hydrogen-bond acceptors (Lipinski definition) is 2. The topological polar surface area (TPSA) is 32.8 Å². The number of ether oxygens (including phenoxy) is 1. The summed E-state index contributed by atoms with van der Waals surface area (Å²) in [7, 11) is 0. The first-order valence-corrected chi connectivity index (χ1v) is 5.48. The molecule has 1 heterocycles. The van der Waals surface area contributed by atoms with Crippen LogP contribution in [0.4, 0.5) is 0 Å². The van der Waals surface area contributed by atoms with Crippen LogP contribution in [0.1, 0.15) is 19.4 Å². The van der Waals surface area contributed by atoms with Crippen molar-refractivity contribution < 1.29 is 9.84 Å². The van der Waals surface area contributed by atoms with Crippen LogP contribution in [0.5, 0.6) is 0 Å². The van der Waals surface area contributed by atoms with Gasteiger partial charge >= 0.3 is 0 Å². The molecule has 1 aliphatic rings. The molecule has 0 bridgehead atoms. The van der Waals surface area contributed by atoms with Crippen molar-refractivity contribution in [2.45, 2.75) is 32.0 Å². The van der Waals surface area contributed by atoms with Gasteiger partial charge in [0.05, 0.1) is 12.7 Å². The van der Waals surface area contributed by atoms with Crippen molar-refractivity contribution in [3.8, 4) is 0 Å². The SMILES string of the molecule is C[C@@H](Cc1ccccc1)[C@@H](O)[C@]1(C)CO1. The average molecular weight is 206 g/mol. The molecule has 2 rings (SSSR count). The molecule has 0 aliphatic carbocycles. The number of aliphatic hydroxyl groups excluding tert-OH is 1. The fourth-order valence-electron chi connectivity index (χ4n) is 1.98. The molecule has 0 saturated carbocycles. The molecule has 1 fully saturated rings. The Morgan fingerprint density at radius 1 is 1.40 bits per heavy atom. The molecule has 82 valence electrons. The molecule has 2 heteroatoms. The minimum atomic E-state index is -0.363. The van der Waals surface area contributed by atoms with Gasteiger partial charge in [-0.3, -0.25) is 0 Å². The molecule has 15 heavy (non-hydrogen) atoms. The lowest BCUT2D eigenvalue weighted by Crippen LogP contribution is -2.33. The van der Waals surface area contributed by atoms with Crippen molar-refractivity contribution in [3.05, 3.63) is 35.9 Å². The monoisotopic (exact) mass is 206 g/mol. The predicted molar refractivity (Wildman–Crippen MR) is 59.7 cm³/mol. The Hall–Kier alpha value is -0.860. The van der Waals surface area contributed by atoms with Gasteiger partial charge in [-0.2, -0.15) is 0 Å². The fourth-order valence-corrected chi connectivity index (χ4v) is 1.98. The quantitative estimate of drug-likeness (QED) is 0.764. The van der Waals surface area contributed by atoms with E-state index >= 15 is 0 Å². The maximum absolute atomic E-state index is 10.1. The predicted octanol–water partition coefficient (Wildman–Crippen LogP) is 2.01. The smallest absolute Gasteiger partial charge is 0.115 e. The van der Waals surface area contributed by atoms with E-state index in [0.717, 1.165) is 6.42 Å². The molecular weight excluding hydrogens is 188 g/mol. The van der Waals surface area contributed by atoms with Crippen molar-refractivity contribution in [1.82, 2.24) is 0 Å². The van der Waals surface area contributed by atoms with Crippen molar-refractivity contribution in [2.24, 2.45) is 5.92 Å². The van der Waals surface area contributed by atoms with E-state index in [2.05, 4.69) is 19.1 Å². The summed E-state index contributed by atoms with van der Waals surface area (Å²) in [5.74, 6) is 0.236. The van der Waals surface area contributed by atoms with Gasteiger partial charge in [0, 0.05) is 0 Å². The van der Waals surface area contributed by atoms with Gasteiger partial charge in [0.1, 0.15) is 5.60 Å². The van der Waals surface area contributed by atoms with E-state index in [4.69, 9.17) is 4.74 Å². The summed E-state index contributed by atoms with van der Waals surface area (Å²) in [5, 5.41) is 10.1. The summed E-state index contributed by atoms with van der Waals surface area (Å²) in [6.45, 7) is 4.73. The zero-order valence-electron chi connectivity index (χ0n) is 9.31. The lowest BCUT2D eigenvalue weighted by atomic mass is 9.89. The molecule has 1 saturated heterocycles. The third-order valence-corrected chi connectivity index (χ3v) is 3.16. The zero-order chi connectivity index (χ0) is 10.9. The minimum absolute atomic E-state index is 0.236. The minimum Gasteiger partial charge on any atom is -0.390 e. The summed E-state index contributed by atoms with van der Waals surface area (Å²) in [6.07, 6.45) is 0.540. The number of hydrogen-bond donors (Lipinski definition) is 1. The lowest BCUT2D eigenvalue weighted by Gasteiger charge is -2.22. The van der Waals surface area contributed by atoms with Gasteiger partial charge in [-0.25, -0.2) is 0 Å². The van der Waals surface area contributed by atoms with Crippen LogP contribution in [0.3, 0.4) is 0 Å². The van der Waals surface area contributed by atoms with Crippen LogP contribution >= 0.6 is 0 Å². The first kappa shape index (κ1) is 10.7. The highest BCUT2D eigenvalue weighted by Gasteiger charge is 2.48. The number of aliphatic hydroxyl groups is 1. The van der Waals surface area contributed by atoms with Crippen molar-refractivity contribution >= 4 is 0 Å². The maximum atomic E-state index is 10.1. The van der Waals surface area contributed by atoms with Gasteiger partial charge in [-0.1, -0.05) is 37.3 Å². The van der Waals surface area contributed by atoms with Crippen molar-refractivity contribution in [1.29, 1.82) is 0 Å². The van der Waals surface area contributed by atoms with E-state index < -0.39 is 0 Å². The zero-order valence-corrected chi connectivity index (χ0v) is 9.31. The van der Waals surface area contributed by atoms with E-state index in [1.807, 2.05) is 25.1 Å². The fraction of sp³-hybridized carbons (Fsp3) is 0.538. The Labute approximate surface area is 90.9 Å². The largest absolute Gasteiger partial charge is 0.390 e. The highest BCUT2D eigenvalue weighted by Crippen LogP contribution is 2.34. The third kappa shape index (κ3) is 2.39. The first-order chi connectivity index (χ1) is 7.12. The van der Waals surface area contributed by atoms with Crippen LogP contribution < -0.4 is 0 Å². The Morgan fingerprint density at radius 2 is 2.00 bits per heavy atom. The normalized spacial score (nSPS) is 28.5. The summed E-state index contributed by atoms with van der Waals surface area (Å²) >= 11 is 0. The Bertz CT molecular complexity index is 317. The number of rotatable bonds is 4. The Kier molecular flexibility index (Phi) is 2.81. The molecule has 1 N–H and O–H groups in total. The highest BCUT2D eigenvalue weighted by molar-refractivity contribution is 5.16. The van der Waals surface area contributed by atoms with Crippen LogP contribution in [0.25, 0.3) is 0 Å². The molecule has 1 aromatic carbocycles. The molecular formula is C13H18O2. The molecule has 0 amide bonds. The van der Waals surface area contributed by atoms with Crippen LogP contribution in [0.2, 0.25) is 0 Å². The summed E-state index contributed by atoms with van der Waals surface area (Å²) < 4.78 is 5.27. The molecule has 2 nitrogen and oxygen atoms in total. The van der Waals surface area contributed by atoms with Gasteiger partial charge < -0.3 is 9.84 Å². The van der Waals surface area contributed by atoms with Crippen LogP contribution in [-0.4, -0.2) is 23.4 Å². The Morgan fingerprint density at radius 3 is 2.53 bits per heavy atom. The molecule has 1 aliphatic heterocycles. The summed E-state index contributed by atoms with van der Waals surface area (Å²) in [6, 6.07) is 10.3. The van der Waals surface area contributed by atoms with Gasteiger partial charge in [-0.15, -0.1) is 0 Å². The van der Waals surface area contributed by atoms with Crippen molar-refractivity contribution in [3.63, 3.8) is 0 Å². The second-order valence-electron chi connectivity index (χ2n) is 4.71. The van der Waals surface area contributed by atoms with E-state index in [1.54, 1.807) is 0 Å². The van der Waals surface area contributed by atoms with Crippen LogP contribution in [0.15, 0.2) is 30.3 Å². The van der Waals surface area contributed by atoms with E-state index in [1.165, 1.54) is 5.56 Å².